The molecule has 1 aromatic carbocycles. The molecule has 0 radical (unpaired) electrons. The van der Waals surface area contributed by atoms with Crippen molar-refractivity contribution in [2.75, 3.05) is 7.11 Å². The number of halogens is 2. The van der Waals surface area contributed by atoms with Crippen LogP contribution in [0.3, 0.4) is 0 Å². The van der Waals surface area contributed by atoms with Crippen LogP contribution in [0.1, 0.15) is 5.69 Å². The number of hydrogen-bond donors (Lipinski definition) is 0. The molecule has 1 aromatic heterocycles. The summed E-state index contributed by atoms with van der Waals surface area (Å²) in [5.41, 5.74) is 0.631. The second kappa shape index (κ2) is 5.77. The van der Waals surface area contributed by atoms with Gasteiger partial charge >= 0.3 is 0 Å². The number of benzene rings is 1. The van der Waals surface area contributed by atoms with Crippen LogP contribution in [-0.4, -0.2) is 17.3 Å². The van der Waals surface area contributed by atoms with Crippen LogP contribution >= 0.6 is 15.9 Å². The first kappa shape index (κ1) is 12.8. The van der Waals surface area contributed by atoms with Crippen LogP contribution in [0.2, 0.25) is 0 Å². The van der Waals surface area contributed by atoms with Crippen molar-refractivity contribution in [1.82, 2.24) is 10.2 Å². The lowest BCUT2D eigenvalue weighted by Crippen LogP contribution is -2.01. The largest absolute Gasteiger partial charge is 0.486 e. The highest BCUT2D eigenvalue weighted by Gasteiger charge is 2.04. The molecular weight excluding hydrogens is 303 g/mol. The standard InChI is InChI=1S/C12H10BrFN2O2/c1-17-12-5-3-9(15-16-12)7-18-11-6-8(14)2-4-10(11)13/h2-6H,7H2,1H3. The molecule has 0 bridgehead atoms. The highest BCUT2D eigenvalue weighted by atomic mass is 79.9. The molecule has 0 amide bonds. The van der Waals surface area contributed by atoms with Gasteiger partial charge in [-0.2, -0.15) is 0 Å². The molecule has 2 rings (SSSR count). The molecule has 94 valence electrons. The van der Waals surface area contributed by atoms with Crippen molar-refractivity contribution >= 4 is 15.9 Å². The topological polar surface area (TPSA) is 44.2 Å². The number of ether oxygens (including phenoxy) is 2. The molecule has 18 heavy (non-hydrogen) atoms. The summed E-state index contributed by atoms with van der Waals surface area (Å²) in [5.74, 6) is 0.507. The molecule has 0 aliphatic rings. The maximum absolute atomic E-state index is 13.0. The predicted octanol–water partition coefficient (Wildman–Crippen LogP) is 2.97. The van der Waals surface area contributed by atoms with Crippen LogP contribution in [0, 0.1) is 5.82 Å². The Labute approximate surface area is 112 Å². The maximum atomic E-state index is 13.0. The Hall–Kier alpha value is -1.69. The molecule has 0 saturated carbocycles. The fraction of sp³-hybridized carbons (Fsp3) is 0.167. The predicted molar refractivity (Wildman–Crippen MR) is 67.0 cm³/mol. The molecule has 0 saturated heterocycles. The molecule has 1 heterocycles. The van der Waals surface area contributed by atoms with Crippen molar-refractivity contribution in [3.63, 3.8) is 0 Å². The van der Waals surface area contributed by atoms with E-state index in [1.807, 2.05) is 0 Å². The van der Waals surface area contributed by atoms with Gasteiger partial charge in [0, 0.05) is 12.1 Å². The Bertz CT molecular complexity index is 534. The van der Waals surface area contributed by atoms with E-state index in [-0.39, 0.29) is 12.4 Å². The van der Waals surface area contributed by atoms with Crippen LogP contribution < -0.4 is 9.47 Å². The van der Waals surface area contributed by atoms with Gasteiger partial charge in [-0.25, -0.2) is 4.39 Å². The average Bonchev–Trinajstić information content (AvgIpc) is 2.40. The van der Waals surface area contributed by atoms with Crippen molar-refractivity contribution < 1.29 is 13.9 Å². The third kappa shape index (κ3) is 3.16. The van der Waals surface area contributed by atoms with Crippen LogP contribution in [0.4, 0.5) is 4.39 Å². The van der Waals surface area contributed by atoms with E-state index in [1.165, 1.54) is 19.2 Å². The van der Waals surface area contributed by atoms with Gasteiger partial charge in [0.05, 0.1) is 11.6 Å². The maximum Gasteiger partial charge on any atom is 0.233 e. The van der Waals surface area contributed by atoms with E-state index in [9.17, 15) is 4.39 Å². The lowest BCUT2D eigenvalue weighted by molar-refractivity contribution is 0.295. The zero-order valence-electron chi connectivity index (χ0n) is 9.56. The van der Waals surface area contributed by atoms with Crippen molar-refractivity contribution in [3.8, 4) is 11.6 Å². The average molecular weight is 313 g/mol. The fourth-order valence-electron chi connectivity index (χ4n) is 1.27. The zero-order chi connectivity index (χ0) is 13.0. The molecule has 0 atom stereocenters. The van der Waals surface area contributed by atoms with Crippen molar-refractivity contribution in [1.29, 1.82) is 0 Å². The van der Waals surface area contributed by atoms with Gasteiger partial charge in [-0.15, -0.1) is 10.2 Å². The van der Waals surface area contributed by atoms with E-state index < -0.39 is 0 Å². The van der Waals surface area contributed by atoms with E-state index >= 15 is 0 Å². The van der Waals surface area contributed by atoms with Crippen molar-refractivity contribution in [3.05, 3.63) is 46.3 Å². The molecule has 4 nitrogen and oxygen atoms in total. The summed E-state index contributed by atoms with van der Waals surface area (Å²) in [7, 11) is 1.52. The second-order valence-electron chi connectivity index (χ2n) is 3.43. The zero-order valence-corrected chi connectivity index (χ0v) is 11.1. The normalized spacial score (nSPS) is 10.2. The molecule has 0 unspecified atom stereocenters. The summed E-state index contributed by atoms with van der Waals surface area (Å²) < 4.78 is 24.1. The summed E-state index contributed by atoms with van der Waals surface area (Å²) in [5, 5.41) is 7.72. The number of rotatable bonds is 4. The van der Waals surface area contributed by atoms with Gasteiger partial charge in [-0.1, -0.05) is 0 Å². The minimum Gasteiger partial charge on any atom is -0.486 e. The third-order valence-electron chi connectivity index (χ3n) is 2.17. The van der Waals surface area contributed by atoms with Gasteiger partial charge in [0.15, 0.2) is 0 Å². The van der Waals surface area contributed by atoms with Gasteiger partial charge in [0.2, 0.25) is 5.88 Å². The minimum absolute atomic E-state index is 0.207. The van der Waals surface area contributed by atoms with Crippen molar-refractivity contribution in [2.45, 2.75) is 6.61 Å². The molecule has 6 heteroatoms. The van der Waals surface area contributed by atoms with E-state index in [2.05, 4.69) is 26.1 Å². The Morgan fingerprint density at radius 3 is 2.72 bits per heavy atom. The number of nitrogens with zero attached hydrogens (tertiary/aromatic N) is 2. The van der Waals surface area contributed by atoms with E-state index in [4.69, 9.17) is 9.47 Å². The fourth-order valence-corrected chi connectivity index (χ4v) is 1.63. The lowest BCUT2D eigenvalue weighted by atomic mass is 10.3. The Morgan fingerprint density at radius 1 is 1.22 bits per heavy atom. The number of hydrogen-bond acceptors (Lipinski definition) is 4. The number of methoxy groups -OCH3 is 1. The molecule has 0 fully saturated rings. The second-order valence-corrected chi connectivity index (χ2v) is 4.28. The third-order valence-corrected chi connectivity index (χ3v) is 2.83. The van der Waals surface area contributed by atoms with Gasteiger partial charge in [0.25, 0.3) is 0 Å². The van der Waals surface area contributed by atoms with Gasteiger partial charge in [-0.3, -0.25) is 0 Å². The summed E-state index contributed by atoms with van der Waals surface area (Å²) in [6.07, 6.45) is 0. The highest BCUT2D eigenvalue weighted by Crippen LogP contribution is 2.26. The molecular formula is C12H10BrFN2O2. The Morgan fingerprint density at radius 2 is 2.06 bits per heavy atom. The summed E-state index contributed by atoms with van der Waals surface area (Å²) in [6, 6.07) is 7.67. The lowest BCUT2D eigenvalue weighted by Gasteiger charge is -2.07. The first-order chi connectivity index (χ1) is 8.69. The molecule has 0 N–H and O–H groups in total. The quantitative estimate of drug-likeness (QED) is 0.870. The van der Waals surface area contributed by atoms with Gasteiger partial charge < -0.3 is 9.47 Å². The minimum atomic E-state index is -0.353. The SMILES string of the molecule is COc1ccc(COc2cc(F)ccc2Br)nn1. The van der Waals surface area contributed by atoms with Crippen molar-refractivity contribution in [2.24, 2.45) is 0 Å². The van der Waals surface area contributed by atoms with Crippen LogP contribution in [0.5, 0.6) is 11.6 Å². The van der Waals surface area contributed by atoms with E-state index in [1.54, 1.807) is 18.2 Å². The molecule has 0 spiro atoms. The first-order valence-electron chi connectivity index (χ1n) is 5.13. The number of aromatic nitrogens is 2. The Kier molecular flexibility index (Phi) is 4.09. The molecule has 0 aliphatic heterocycles. The smallest absolute Gasteiger partial charge is 0.233 e. The van der Waals surface area contributed by atoms with Crippen LogP contribution in [-0.2, 0) is 6.61 Å². The Balaban J connectivity index is 2.04. The molecule has 2 aromatic rings. The van der Waals surface area contributed by atoms with Gasteiger partial charge in [0.1, 0.15) is 23.9 Å². The van der Waals surface area contributed by atoms with Crippen LogP contribution in [0.15, 0.2) is 34.8 Å². The van der Waals surface area contributed by atoms with Crippen LogP contribution in [0.25, 0.3) is 0 Å². The summed E-state index contributed by atoms with van der Waals surface area (Å²) >= 11 is 3.28. The summed E-state index contributed by atoms with van der Waals surface area (Å²) in [6.45, 7) is 0.207. The highest BCUT2D eigenvalue weighted by molar-refractivity contribution is 9.10. The molecule has 0 aliphatic carbocycles. The first-order valence-corrected chi connectivity index (χ1v) is 5.93. The summed E-state index contributed by atoms with van der Waals surface area (Å²) in [4.78, 5) is 0. The van der Waals surface area contributed by atoms with Gasteiger partial charge in [-0.05, 0) is 34.1 Å². The van der Waals surface area contributed by atoms with E-state index in [0.717, 1.165) is 0 Å². The van der Waals surface area contributed by atoms with E-state index in [0.29, 0.717) is 21.8 Å². The monoisotopic (exact) mass is 312 g/mol.